The molecular weight excluding hydrogens is 150 g/mol. The maximum absolute atomic E-state index is 11.4. The van der Waals surface area contributed by atoms with Crippen LogP contribution in [0.1, 0.15) is 39.5 Å². The first-order chi connectivity index (χ1) is 5.74. The van der Waals surface area contributed by atoms with E-state index in [0.717, 1.165) is 25.3 Å². The van der Waals surface area contributed by atoms with E-state index in [0.29, 0.717) is 5.92 Å². The van der Waals surface area contributed by atoms with E-state index in [2.05, 4.69) is 12.2 Å². The van der Waals surface area contributed by atoms with Crippen LogP contribution in [0.4, 0.5) is 0 Å². The molecule has 0 aromatic rings. The molecule has 0 spiro atoms. The Kier molecular flexibility index (Phi) is 3.57. The molecule has 1 saturated carbocycles. The van der Waals surface area contributed by atoms with Crippen molar-refractivity contribution in [3.8, 4) is 0 Å². The van der Waals surface area contributed by atoms with Gasteiger partial charge in [-0.25, -0.2) is 0 Å². The van der Waals surface area contributed by atoms with Crippen LogP contribution in [0.25, 0.3) is 0 Å². The second kappa shape index (κ2) is 4.48. The summed E-state index contributed by atoms with van der Waals surface area (Å²) < 4.78 is 0. The highest BCUT2D eigenvalue weighted by molar-refractivity contribution is 5.78. The van der Waals surface area contributed by atoms with Gasteiger partial charge in [-0.15, -0.1) is 0 Å². The summed E-state index contributed by atoms with van der Waals surface area (Å²) in [5.41, 5.74) is 0. The van der Waals surface area contributed by atoms with Gasteiger partial charge in [0.05, 0.1) is 0 Å². The summed E-state index contributed by atoms with van der Waals surface area (Å²) >= 11 is 0. The summed E-state index contributed by atoms with van der Waals surface area (Å²) in [4.78, 5) is 11.4. The van der Waals surface area contributed by atoms with Crippen molar-refractivity contribution in [1.29, 1.82) is 0 Å². The minimum atomic E-state index is 0.268. The van der Waals surface area contributed by atoms with Gasteiger partial charge in [-0.2, -0.15) is 0 Å². The van der Waals surface area contributed by atoms with Crippen molar-refractivity contribution in [2.75, 3.05) is 6.54 Å². The normalized spacial score (nSPS) is 29.8. The third-order valence-electron chi connectivity index (χ3n) is 2.74. The van der Waals surface area contributed by atoms with Crippen LogP contribution in [0, 0.1) is 11.8 Å². The minimum Gasteiger partial charge on any atom is -0.356 e. The summed E-state index contributed by atoms with van der Waals surface area (Å²) in [5, 5.41) is 2.89. The van der Waals surface area contributed by atoms with Crippen molar-refractivity contribution in [2.24, 2.45) is 11.8 Å². The fraction of sp³-hybridized carbons (Fsp3) is 0.900. The Balaban J connectivity index is 2.29. The summed E-state index contributed by atoms with van der Waals surface area (Å²) in [5.74, 6) is 1.40. The van der Waals surface area contributed by atoms with E-state index < -0.39 is 0 Å². The molecule has 2 nitrogen and oxygen atoms in total. The van der Waals surface area contributed by atoms with Crippen LogP contribution >= 0.6 is 0 Å². The highest BCUT2D eigenvalue weighted by atomic mass is 16.1. The van der Waals surface area contributed by atoms with Gasteiger partial charge >= 0.3 is 0 Å². The van der Waals surface area contributed by atoms with E-state index in [1.165, 1.54) is 12.8 Å². The van der Waals surface area contributed by atoms with Crippen LogP contribution in [0.15, 0.2) is 0 Å². The maximum atomic E-state index is 11.4. The molecule has 1 N–H and O–H groups in total. The second-order valence-corrected chi connectivity index (χ2v) is 3.85. The van der Waals surface area contributed by atoms with E-state index in [1.807, 2.05) is 6.92 Å². The average Bonchev–Trinajstić information content (AvgIpc) is 2.06. The van der Waals surface area contributed by atoms with Gasteiger partial charge in [0.1, 0.15) is 0 Å². The Morgan fingerprint density at radius 3 is 2.42 bits per heavy atom. The van der Waals surface area contributed by atoms with Crippen molar-refractivity contribution in [2.45, 2.75) is 39.5 Å². The molecular formula is C10H19NO. The molecule has 0 aliphatic heterocycles. The fourth-order valence-corrected chi connectivity index (χ4v) is 1.84. The van der Waals surface area contributed by atoms with Crippen molar-refractivity contribution in [1.82, 2.24) is 5.32 Å². The Bertz CT molecular complexity index is 148. The topological polar surface area (TPSA) is 29.1 Å². The number of hydrogen-bond donors (Lipinski definition) is 1. The van der Waals surface area contributed by atoms with Gasteiger partial charge in [-0.3, -0.25) is 4.79 Å². The zero-order chi connectivity index (χ0) is 8.97. The highest BCUT2D eigenvalue weighted by Gasteiger charge is 2.23. The molecule has 70 valence electrons. The van der Waals surface area contributed by atoms with Crippen LogP contribution in [0.5, 0.6) is 0 Å². The van der Waals surface area contributed by atoms with E-state index in [-0.39, 0.29) is 5.91 Å². The third kappa shape index (κ3) is 2.50. The molecule has 1 aliphatic carbocycles. The number of nitrogens with one attached hydrogen (secondary N) is 1. The zero-order valence-electron chi connectivity index (χ0n) is 8.10. The van der Waals surface area contributed by atoms with Gasteiger partial charge < -0.3 is 5.32 Å². The molecule has 0 saturated heterocycles. The number of carbonyl (C=O) groups is 1. The number of rotatable bonds is 2. The third-order valence-corrected chi connectivity index (χ3v) is 2.74. The Labute approximate surface area is 74.7 Å². The summed E-state index contributed by atoms with van der Waals surface area (Å²) in [7, 11) is 0. The smallest absolute Gasteiger partial charge is 0.223 e. The lowest BCUT2D eigenvalue weighted by Gasteiger charge is -2.24. The first-order valence-electron chi connectivity index (χ1n) is 5.01. The largest absolute Gasteiger partial charge is 0.356 e. The van der Waals surface area contributed by atoms with Crippen LogP contribution < -0.4 is 5.32 Å². The Hall–Kier alpha value is -0.530. The molecule has 2 heteroatoms. The highest BCUT2D eigenvalue weighted by Crippen LogP contribution is 2.28. The van der Waals surface area contributed by atoms with Crippen molar-refractivity contribution >= 4 is 5.91 Å². The quantitative estimate of drug-likeness (QED) is 0.672. The first kappa shape index (κ1) is 9.56. The first-order valence-corrected chi connectivity index (χ1v) is 5.01. The number of amides is 1. The summed E-state index contributed by atoms with van der Waals surface area (Å²) in [6, 6.07) is 0. The fourth-order valence-electron chi connectivity index (χ4n) is 1.84. The lowest BCUT2D eigenvalue weighted by molar-refractivity contribution is -0.126. The van der Waals surface area contributed by atoms with Crippen molar-refractivity contribution in [3.63, 3.8) is 0 Å². The molecule has 1 amide bonds. The Morgan fingerprint density at radius 1 is 1.33 bits per heavy atom. The Morgan fingerprint density at radius 2 is 1.92 bits per heavy atom. The van der Waals surface area contributed by atoms with Gasteiger partial charge in [0.2, 0.25) is 5.91 Å². The van der Waals surface area contributed by atoms with Crippen LogP contribution in [0.3, 0.4) is 0 Å². The summed E-state index contributed by atoms with van der Waals surface area (Å²) in [6.45, 7) is 5.02. The maximum Gasteiger partial charge on any atom is 0.223 e. The molecule has 1 fully saturated rings. The standard InChI is InChI=1S/C10H19NO/c1-3-11-10(12)9-6-4-8(2)5-7-9/h8-9H,3-7H2,1-2H3,(H,11,12)/t8-,9+. The lowest BCUT2D eigenvalue weighted by Crippen LogP contribution is -2.32. The number of hydrogen-bond acceptors (Lipinski definition) is 1. The van der Waals surface area contributed by atoms with Crippen LogP contribution in [0.2, 0.25) is 0 Å². The molecule has 0 atom stereocenters. The molecule has 1 rings (SSSR count). The second-order valence-electron chi connectivity index (χ2n) is 3.85. The minimum absolute atomic E-state index is 0.268. The molecule has 0 radical (unpaired) electrons. The van der Waals surface area contributed by atoms with Gasteiger partial charge in [0.15, 0.2) is 0 Å². The monoisotopic (exact) mass is 169 g/mol. The van der Waals surface area contributed by atoms with Gasteiger partial charge in [0.25, 0.3) is 0 Å². The van der Waals surface area contributed by atoms with E-state index >= 15 is 0 Å². The van der Waals surface area contributed by atoms with E-state index in [4.69, 9.17) is 0 Å². The molecule has 12 heavy (non-hydrogen) atoms. The number of carbonyl (C=O) groups excluding carboxylic acids is 1. The van der Waals surface area contributed by atoms with Gasteiger partial charge in [-0.1, -0.05) is 6.92 Å². The van der Waals surface area contributed by atoms with E-state index in [9.17, 15) is 4.79 Å². The van der Waals surface area contributed by atoms with Crippen LogP contribution in [-0.4, -0.2) is 12.5 Å². The zero-order valence-corrected chi connectivity index (χ0v) is 8.10. The van der Waals surface area contributed by atoms with Crippen molar-refractivity contribution in [3.05, 3.63) is 0 Å². The SMILES string of the molecule is CCNC(=O)[C@H]1CC[C@@H](C)CC1. The average molecular weight is 169 g/mol. The predicted octanol–water partition coefficient (Wildman–Crippen LogP) is 1.95. The van der Waals surface area contributed by atoms with Crippen molar-refractivity contribution < 1.29 is 4.79 Å². The predicted molar refractivity (Wildman–Crippen MR) is 49.8 cm³/mol. The lowest BCUT2D eigenvalue weighted by atomic mass is 9.82. The molecule has 0 unspecified atom stereocenters. The molecule has 1 aliphatic rings. The van der Waals surface area contributed by atoms with Gasteiger partial charge in [0, 0.05) is 12.5 Å². The molecule has 0 bridgehead atoms. The van der Waals surface area contributed by atoms with Gasteiger partial charge in [-0.05, 0) is 38.5 Å². The van der Waals surface area contributed by atoms with Crippen LogP contribution in [-0.2, 0) is 4.79 Å². The van der Waals surface area contributed by atoms with E-state index in [1.54, 1.807) is 0 Å². The molecule has 0 heterocycles. The molecule has 0 aromatic heterocycles. The summed E-state index contributed by atoms with van der Waals surface area (Å²) in [6.07, 6.45) is 4.63. The molecule has 0 aromatic carbocycles.